The molecule has 0 saturated heterocycles. The first-order valence-electron chi connectivity index (χ1n) is 6.21. The zero-order valence-corrected chi connectivity index (χ0v) is 11.7. The summed E-state index contributed by atoms with van der Waals surface area (Å²) in [6.45, 7) is 1.17. The molecular weight excluding hydrogens is 287 g/mol. The molecule has 0 bridgehead atoms. The van der Waals surface area contributed by atoms with Crippen LogP contribution in [0.15, 0.2) is 18.2 Å². The summed E-state index contributed by atoms with van der Waals surface area (Å²) in [5, 5.41) is 8.61. The smallest absolute Gasteiger partial charge is 0.406 e. The Bertz CT molecular complexity index is 541. The molecule has 0 aliphatic heterocycles. The van der Waals surface area contributed by atoms with Crippen molar-refractivity contribution in [3.63, 3.8) is 0 Å². The van der Waals surface area contributed by atoms with Gasteiger partial charge in [0, 0.05) is 0 Å². The summed E-state index contributed by atoms with van der Waals surface area (Å²) in [6.07, 6.45) is -4.89. The number of halogens is 3. The van der Waals surface area contributed by atoms with Crippen molar-refractivity contribution in [3.05, 3.63) is 34.9 Å². The Kier molecular flexibility index (Phi) is 5.34. The Morgan fingerprint density at radius 2 is 1.81 bits per heavy atom. The van der Waals surface area contributed by atoms with Gasteiger partial charge in [-0.3, -0.25) is 9.59 Å². The first kappa shape index (κ1) is 17.0. The van der Waals surface area contributed by atoms with E-state index in [-0.39, 0.29) is 6.42 Å². The highest BCUT2D eigenvalue weighted by Gasteiger charge is 2.33. The predicted octanol–water partition coefficient (Wildman–Crippen LogP) is 2.32. The molecule has 0 fully saturated rings. The lowest BCUT2D eigenvalue weighted by Gasteiger charge is -2.22. The van der Waals surface area contributed by atoms with E-state index in [1.807, 2.05) is 13.8 Å². The van der Waals surface area contributed by atoms with Crippen molar-refractivity contribution in [2.45, 2.75) is 26.4 Å². The van der Waals surface area contributed by atoms with Crippen LogP contribution in [0.1, 0.15) is 16.7 Å². The van der Waals surface area contributed by atoms with Crippen LogP contribution >= 0.6 is 0 Å². The highest BCUT2D eigenvalue weighted by atomic mass is 19.4. The fourth-order valence-corrected chi connectivity index (χ4v) is 1.81. The number of carboxylic acids is 1. The maximum Gasteiger partial charge on any atom is 0.406 e. The number of benzene rings is 1. The number of amides is 1. The standard InChI is InChI=1S/C14H16F3NO3/c1-9-3-4-11(5-10(9)2)6-12(19)18(7-13(20)21)8-14(15,16)17/h3-5H,6-8H2,1-2H3,(H,20,21). The summed E-state index contributed by atoms with van der Waals surface area (Å²) in [6, 6.07) is 5.12. The topological polar surface area (TPSA) is 57.6 Å². The van der Waals surface area contributed by atoms with E-state index in [9.17, 15) is 22.8 Å². The fourth-order valence-electron chi connectivity index (χ4n) is 1.81. The largest absolute Gasteiger partial charge is 0.480 e. The second kappa shape index (κ2) is 6.60. The number of carbonyl (C=O) groups excluding carboxylic acids is 1. The first-order valence-corrected chi connectivity index (χ1v) is 6.21. The SMILES string of the molecule is Cc1ccc(CC(=O)N(CC(=O)O)CC(F)(F)F)cc1C. The molecule has 21 heavy (non-hydrogen) atoms. The van der Waals surface area contributed by atoms with Crippen LogP contribution in [-0.2, 0) is 16.0 Å². The van der Waals surface area contributed by atoms with Gasteiger partial charge in [-0.25, -0.2) is 0 Å². The summed E-state index contributed by atoms with van der Waals surface area (Å²) in [5.41, 5.74) is 2.48. The van der Waals surface area contributed by atoms with E-state index in [0.29, 0.717) is 10.5 Å². The van der Waals surface area contributed by atoms with Crippen LogP contribution in [0.25, 0.3) is 0 Å². The average molecular weight is 303 g/mol. The third-order valence-electron chi connectivity index (χ3n) is 2.98. The number of rotatable bonds is 5. The van der Waals surface area contributed by atoms with E-state index >= 15 is 0 Å². The Morgan fingerprint density at radius 1 is 1.19 bits per heavy atom. The van der Waals surface area contributed by atoms with Crippen LogP contribution in [0, 0.1) is 13.8 Å². The minimum absolute atomic E-state index is 0.259. The third-order valence-corrected chi connectivity index (χ3v) is 2.98. The molecule has 4 nitrogen and oxygen atoms in total. The zero-order valence-electron chi connectivity index (χ0n) is 11.7. The van der Waals surface area contributed by atoms with Gasteiger partial charge in [-0.05, 0) is 30.5 Å². The molecule has 0 radical (unpaired) electrons. The van der Waals surface area contributed by atoms with E-state index in [1.165, 1.54) is 0 Å². The van der Waals surface area contributed by atoms with Crippen molar-refractivity contribution in [1.82, 2.24) is 4.90 Å². The molecule has 0 saturated carbocycles. The normalized spacial score (nSPS) is 11.3. The van der Waals surface area contributed by atoms with E-state index in [0.717, 1.165) is 11.1 Å². The van der Waals surface area contributed by atoms with Crippen LogP contribution in [-0.4, -0.2) is 41.1 Å². The molecule has 0 atom stereocenters. The average Bonchev–Trinajstić information content (AvgIpc) is 2.30. The fraction of sp³-hybridized carbons (Fsp3) is 0.429. The molecule has 0 unspecified atom stereocenters. The second-order valence-electron chi connectivity index (χ2n) is 4.85. The lowest BCUT2D eigenvalue weighted by Crippen LogP contribution is -2.42. The second-order valence-corrected chi connectivity index (χ2v) is 4.85. The van der Waals surface area contributed by atoms with Crippen LogP contribution in [0.3, 0.4) is 0 Å². The van der Waals surface area contributed by atoms with Gasteiger partial charge in [0.25, 0.3) is 0 Å². The number of hydrogen-bond acceptors (Lipinski definition) is 2. The van der Waals surface area contributed by atoms with Gasteiger partial charge in [0.2, 0.25) is 5.91 Å². The van der Waals surface area contributed by atoms with Crippen LogP contribution in [0.4, 0.5) is 13.2 Å². The summed E-state index contributed by atoms with van der Waals surface area (Å²) in [5.74, 6) is -2.34. The maximum absolute atomic E-state index is 12.4. The number of aryl methyl sites for hydroxylation is 2. The Balaban J connectivity index is 2.84. The molecule has 0 aromatic heterocycles. The minimum atomic E-state index is -4.63. The van der Waals surface area contributed by atoms with Crippen molar-refractivity contribution in [1.29, 1.82) is 0 Å². The summed E-state index contributed by atoms with van der Waals surface area (Å²) in [7, 11) is 0. The van der Waals surface area contributed by atoms with Crippen LogP contribution in [0.2, 0.25) is 0 Å². The lowest BCUT2D eigenvalue weighted by atomic mass is 10.0. The molecule has 116 valence electrons. The third kappa shape index (κ3) is 5.85. The van der Waals surface area contributed by atoms with E-state index in [1.54, 1.807) is 18.2 Å². The lowest BCUT2D eigenvalue weighted by molar-refractivity contribution is -0.165. The molecule has 1 amide bonds. The summed E-state index contributed by atoms with van der Waals surface area (Å²) in [4.78, 5) is 22.8. The molecule has 0 heterocycles. The quantitative estimate of drug-likeness (QED) is 0.908. The van der Waals surface area contributed by atoms with Crippen molar-refractivity contribution in [2.24, 2.45) is 0 Å². The molecule has 1 aromatic carbocycles. The molecule has 0 aliphatic rings. The molecule has 7 heteroatoms. The molecule has 1 rings (SSSR count). The van der Waals surface area contributed by atoms with Crippen molar-refractivity contribution >= 4 is 11.9 Å². The summed E-state index contributed by atoms with van der Waals surface area (Å²) < 4.78 is 37.2. The Hall–Kier alpha value is -2.05. The zero-order chi connectivity index (χ0) is 16.2. The molecule has 0 aliphatic carbocycles. The van der Waals surface area contributed by atoms with Gasteiger partial charge in [0.15, 0.2) is 0 Å². The van der Waals surface area contributed by atoms with Gasteiger partial charge in [-0.1, -0.05) is 18.2 Å². The number of nitrogens with zero attached hydrogens (tertiary/aromatic N) is 1. The number of alkyl halides is 3. The van der Waals surface area contributed by atoms with Gasteiger partial charge in [-0.2, -0.15) is 13.2 Å². The Labute approximate surface area is 120 Å². The number of aliphatic carboxylic acids is 1. The van der Waals surface area contributed by atoms with Gasteiger partial charge in [0.05, 0.1) is 6.42 Å². The molecular formula is C14H16F3NO3. The molecule has 1 aromatic rings. The van der Waals surface area contributed by atoms with Crippen molar-refractivity contribution < 1.29 is 27.9 Å². The van der Waals surface area contributed by atoms with Gasteiger partial charge in [0.1, 0.15) is 13.1 Å². The van der Waals surface area contributed by atoms with E-state index in [4.69, 9.17) is 5.11 Å². The molecule has 0 spiro atoms. The van der Waals surface area contributed by atoms with Gasteiger partial charge < -0.3 is 10.0 Å². The predicted molar refractivity (Wildman–Crippen MR) is 69.9 cm³/mol. The van der Waals surface area contributed by atoms with Crippen LogP contribution < -0.4 is 0 Å². The number of carboxylic acid groups (broad SMARTS) is 1. The first-order chi connectivity index (χ1) is 9.58. The maximum atomic E-state index is 12.4. The highest BCUT2D eigenvalue weighted by Crippen LogP contribution is 2.18. The number of hydrogen-bond donors (Lipinski definition) is 1. The minimum Gasteiger partial charge on any atom is -0.480 e. The Morgan fingerprint density at radius 3 is 2.29 bits per heavy atom. The number of carbonyl (C=O) groups is 2. The monoisotopic (exact) mass is 303 g/mol. The van der Waals surface area contributed by atoms with Gasteiger partial charge in [-0.15, -0.1) is 0 Å². The van der Waals surface area contributed by atoms with Crippen molar-refractivity contribution in [3.8, 4) is 0 Å². The van der Waals surface area contributed by atoms with E-state index in [2.05, 4.69) is 0 Å². The van der Waals surface area contributed by atoms with Crippen molar-refractivity contribution in [2.75, 3.05) is 13.1 Å². The highest BCUT2D eigenvalue weighted by molar-refractivity contribution is 5.83. The van der Waals surface area contributed by atoms with E-state index < -0.39 is 31.1 Å². The van der Waals surface area contributed by atoms with Gasteiger partial charge >= 0.3 is 12.1 Å². The van der Waals surface area contributed by atoms with Crippen LogP contribution in [0.5, 0.6) is 0 Å². The molecule has 1 N–H and O–H groups in total. The summed E-state index contributed by atoms with van der Waals surface area (Å²) >= 11 is 0.